The van der Waals surface area contributed by atoms with E-state index in [9.17, 15) is 4.79 Å². The van der Waals surface area contributed by atoms with Crippen molar-refractivity contribution in [2.45, 2.75) is 37.8 Å². The third-order valence-electron chi connectivity index (χ3n) is 9.31. The summed E-state index contributed by atoms with van der Waals surface area (Å²) >= 11 is 6.46. The van der Waals surface area contributed by atoms with Gasteiger partial charge in [0.15, 0.2) is 0 Å². The van der Waals surface area contributed by atoms with Crippen LogP contribution in [0, 0.1) is 5.92 Å². The molecule has 0 spiro atoms. The average molecular weight is 546 g/mol. The van der Waals surface area contributed by atoms with Gasteiger partial charge in [0.2, 0.25) is 0 Å². The summed E-state index contributed by atoms with van der Waals surface area (Å²) in [6.45, 7) is 5.56. The first-order valence-electron chi connectivity index (χ1n) is 14.2. The molecule has 2 aromatic carbocycles. The van der Waals surface area contributed by atoms with Crippen molar-refractivity contribution in [3.05, 3.63) is 51.8 Å². The Morgan fingerprint density at radius 2 is 1.79 bits per heavy atom. The third kappa shape index (κ3) is 4.58. The van der Waals surface area contributed by atoms with Crippen LogP contribution in [0.4, 0.5) is 11.4 Å². The lowest BCUT2D eigenvalue weighted by Crippen LogP contribution is -2.53. The summed E-state index contributed by atoms with van der Waals surface area (Å²) in [5.74, 6) is 1.18. The van der Waals surface area contributed by atoms with Crippen LogP contribution in [0.15, 0.2) is 41.2 Å². The summed E-state index contributed by atoms with van der Waals surface area (Å²) in [5.41, 5.74) is 4.93. The van der Waals surface area contributed by atoms with E-state index >= 15 is 0 Å². The second-order valence-corrected chi connectivity index (χ2v) is 12.2. The van der Waals surface area contributed by atoms with E-state index in [4.69, 9.17) is 16.6 Å². The second kappa shape index (κ2) is 9.84. The van der Waals surface area contributed by atoms with E-state index in [-0.39, 0.29) is 11.6 Å². The lowest BCUT2D eigenvalue weighted by molar-refractivity contribution is 0.0976. The van der Waals surface area contributed by atoms with Gasteiger partial charge < -0.3 is 30.0 Å². The highest BCUT2D eigenvalue weighted by molar-refractivity contribution is 6.31. The Hall–Kier alpha value is -3.07. The number of nitrogens with one attached hydrogen (secondary N) is 3. The standard InChI is InChI=1S/C30H36ClN7O/c1-36-11-9-20(10-12-36)37(2)21-4-6-24-25(16-21)34-29(33-24)27-28(32-26-17-38-13-7-18(26)8-14-38)22-15-19(31)3-5-23(22)35-30(27)39/h3-6,15-16,18,20,26H,7-14,17H2,1-2H3,(H,33,34)(H2,32,35,39)/t26-/m1/s1. The molecule has 0 unspecified atom stereocenters. The quantitative estimate of drug-likeness (QED) is 0.335. The number of imidazole rings is 1. The molecule has 4 aliphatic heterocycles. The maximum Gasteiger partial charge on any atom is 0.261 e. The van der Waals surface area contributed by atoms with Crippen molar-refractivity contribution in [2.75, 3.05) is 57.0 Å². The Morgan fingerprint density at radius 1 is 1.00 bits per heavy atom. The number of benzene rings is 2. The minimum absolute atomic E-state index is 0.156. The molecular formula is C30H36ClN7O. The highest BCUT2D eigenvalue weighted by Gasteiger charge is 2.35. The molecule has 8 nitrogen and oxygen atoms in total. The molecule has 0 radical (unpaired) electrons. The first kappa shape index (κ1) is 24.9. The van der Waals surface area contributed by atoms with Gasteiger partial charge in [0.25, 0.3) is 5.56 Å². The molecule has 6 heterocycles. The van der Waals surface area contributed by atoms with E-state index in [1.807, 2.05) is 18.2 Å². The van der Waals surface area contributed by atoms with Gasteiger partial charge in [-0.15, -0.1) is 0 Å². The Bertz CT molecular complexity index is 1580. The number of halogens is 1. The number of aromatic nitrogens is 3. The second-order valence-electron chi connectivity index (χ2n) is 11.7. The average Bonchev–Trinajstić information content (AvgIpc) is 3.37. The first-order valence-corrected chi connectivity index (χ1v) is 14.6. The van der Waals surface area contributed by atoms with Crippen LogP contribution in [0.3, 0.4) is 0 Å². The molecule has 2 aromatic heterocycles. The van der Waals surface area contributed by atoms with Gasteiger partial charge in [0.1, 0.15) is 11.4 Å². The van der Waals surface area contributed by atoms with Gasteiger partial charge in [-0.25, -0.2) is 4.98 Å². The molecule has 204 valence electrons. The molecule has 8 rings (SSSR count). The number of hydrogen-bond donors (Lipinski definition) is 3. The Balaban J connectivity index is 1.29. The van der Waals surface area contributed by atoms with Gasteiger partial charge in [0, 0.05) is 41.8 Å². The zero-order chi connectivity index (χ0) is 26.7. The Kier molecular flexibility index (Phi) is 6.29. The lowest BCUT2D eigenvalue weighted by atomic mass is 9.83. The van der Waals surface area contributed by atoms with Crippen LogP contribution in [0.25, 0.3) is 33.3 Å². The van der Waals surface area contributed by atoms with Crippen molar-refractivity contribution >= 4 is 44.9 Å². The normalized spacial score (nSPS) is 24.0. The van der Waals surface area contributed by atoms with Gasteiger partial charge in [0.05, 0.1) is 22.2 Å². The molecule has 0 aliphatic carbocycles. The number of anilines is 2. The number of piperidine rings is 4. The fraction of sp³-hybridized carbons (Fsp3) is 0.467. The zero-order valence-corrected chi connectivity index (χ0v) is 23.4. The molecule has 0 amide bonds. The highest BCUT2D eigenvalue weighted by atomic mass is 35.5. The van der Waals surface area contributed by atoms with Crippen LogP contribution < -0.4 is 15.8 Å². The summed E-state index contributed by atoms with van der Waals surface area (Å²) in [6, 6.07) is 12.8. The van der Waals surface area contributed by atoms with E-state index in [2.05, 4.69) is 62.3 Å². The van der Waals surface area contributed by atoms with Crippen molar-refractivity contribution in [3.8, 4) is 11.4 Å². The van der Waals surface area contributed by atoms with Crippen molar-refractivity contribution in [1.82, 2.24) is 24.8 Å². The Morgan fingerprint density at radius 3 is 2.54 bits per heavy atom. The van der Waals surface area contributed by atoms with E-state index in [1.165, 1.54) is 12.8 Å². The van der Waals surface area contributed by atoms with Crippen LogP contribution in [0.1, 0.15) is 25.7 Å². The molecular weight excluding hydrogens is 510 g/mol. The minimum atomic E-state index is -0.156. The summed E-state index contributed by atoms with van der Waals surface area (Å²) in [5, 5.41) is 5.37. The predicted molar refractivity (Wildman–Crippen MR) is 160 cm³/mol. The van der Waals surface area contributed by atoms with Crippen LogP contribution in [-0.4, -0.2) is 83.7 Å². The molecule has 4 aromatic rings. The number of hydrogen-bond acceptors (Lipinski definition) is 6. The molecule has 3 N–H and O–H groups in total. The van der Waals surface area contributed by atoms with Gasteiger partial charge in [-0.05, 0) is 101 Å². The summed E-state index contributed by atoms with van der Waals surface area (Å²) < 4.78 is 0. The van der Waals surface area contributed by atoms with Crippen LogP contribution in [0.2, 0.25) is 5.02 Å². The van der Waals surface area contributed by atoms with Crippen molar-refractivity contribution in [1.29, 1.82) is 0 Å². The molecule has 9 heteroatoms. The maximum absolute atomic E-state index is 13.6. The number of H-pyrrole nitrogens is 2. The zero-order valence-electron chi connectivity index (χ0n) is 22.6. The molecule has 39 heavy (non-hydrogen) atoms. The van der Waals surface area contributed by atoms with Crippen LogP contribution in [-0.2, 0) is 0 Å². The highest BCUT2D eigenvalue weighted by Crippen LogP contribution is 2.37. The predicted octanol–water partition coefficient (Wildman–Crippen LogP) is 4.76. The summed E-state index contributed by atoms with van der Waals surface area (Å²) in [7, 11) is 4.37. The van der Waals surface area contributed by atoms with E-state index in [0.29, 0.717) is 28.4 Å². The number of nitrogens with zero attached hydrogens (tertiary/aromatic N) is 4. The number of pyridine rings is 1. The number of fused-ring (bicyclic) bond motifs is 5. The molecule has 1 atom stereocenters. The fourth-order valence-corrected chi connectivity index (χ4v) is 7.06. The van der Waals surface area contributed by atoms with Gasteiger partial charge >= 0.3 is 0 Å². The smallest absolute Gasteiger partial charge is 0.261 e. The number of aromatic amines is 2. The van der Waals surface area contributed by atoms with Gasteiger partial charge in [-0.1, -0.05) is 11.6 Å². The maximum atomic E-state index is 13.6. The van der Waals surface area contributed by atoms with E-state index in [1.54, 1.807) is 0 Å². The molecule has 4 aliphatic rings. The molecule has 4 fully saturated rings. The lowest BCUT2D eigenvalue weighted by Gasteiger charge is -2.45. The first-order chi connectivity index (χ1) is 18.9. The summed E-state index contributed by atoms with van der Waals surface area (Å²) in [6.07, 6.45) is 4.69. The summed E-state index contributed by atoms with van der Waals surface area (Å²) in [4.78, 5) is 32.4. The van der Waals surface area contributed by atoms with Crippen LogP contribution in [0.5, 0.6) is 0 Å². The Labute approximate surface area is 233 Å². The van der Waals surface area contributed by atoms with Crippen LogP contribution >= 0.6 is 11.6 Å². The van der Waals surface area contributed by atoms with E-state index in [0.717, 1.165) is 78.9 Å². The SMILES string of the molecule is CN1CCC(N(C)c2ccc3nc(-c4c(N[C@@H]5CN6CCC5CC6)c5cc(Cl)ccc5[nH]c4=O)[nH]c3c2)CC1. The third-order valence-corrected chi connectivity index (χ3v) is 9.54. The largest absolute Gasteiger partial charge is 0.379 e. The molecule has 2 bridgehead atoms. The fourth-order valence-electron chi connectivity index (χ4n) is 6.88. The van der Waals surface area contributed by atoms with E-state index < -0.39 is 0 Å². The number of likely N-dealkylation sites (tertiary alicyclic amines) is 1. The topological polar surface area (TPSA) is 83.3 Å². The molecule has 0 saturated carbocycles. The van der Waals surface area contributed by atoms with Crippen molar-refractivity contribution < 1.29 is 0 Å². The monoisotopic (exact) mass is 545 g/mol. The van der Waals surface area contributed by atoms with Gasteiger partial charge in [-0.2, -0.15) is 0 Å². The minimum Gasteiger partial charge on any atom is -0.379 e. The van der Waals surface area contributed by atoms with Crippen molar-refractivity contribution in [3.63, 3.8) is 0 Å². The van der Waals surface area contributed by atoms with Gasteiger partial charge in [-0.3, -0.25) is 4.79 Å². The molecule has 4 saturated heterocycles. The van der Waals surface area contributed by atoms with Crippen molar-refractivity contribution in [2.24, 2.45) is 5.92 Å². The number of rotatable bonds is 5.